The van der Waals surface area contributed by atoms with E-state index in [2.05, 4.69) is 39.0 Å². The van der Waals surface area contributed by atoms with E-state index in [0.29, 0.717) is 0 Å². The van der Waals surface area contributed by atoms with E-state index in [9.17, 15) is 0 Å². The smallest absolute Gasteiger partial charge is 0.126 e. The van der Waals surface area contributed by atoms with Crippen LogP contribution in [0.1, 0.15) is 26.3 Å². The number of halogens is 1. The van der Waals surface area contributed by atoms with E-state index in [-0.39, 0.29) is 5.41 Å². The fourth-order valence-electron chi connectivity index (χ4n) is 2.26. The second kappa shape index (κ2) is 5.26. The summed E-state index contributed by atoms with van der Waals surface area (Å²) < 4.78 is 5.46. The van der Waals surface area contributed by atoms with E-state index >= 15 is 0 Å². The van der Waals surface area contributed by atoms with E-state index in [4.69, 9.17) is 16.3 Å². The molecule has 0 aliphatic heterocycles. The highest BCUT2D eigenvalue weighted by molar-refractivity contribution is 6.31. The lowest BCUT2D eigenvalue weighted by atomic mass is 9.82. The molecule has 0 spiro atoms. The van der Waals surface area contributed by atoms with Gasteiger partial charge in [-0.2, -0.15) is 0 Å². The third kappa shape index (κ3) is 2.93. The molecule has 2 aromatic rings. The predicted molar refractivity (Wildman–Crippen MR) is 82.1 cm³/mol. The summed E-state index contributed by atoms with van der Waals surface area (Å²) in [7, 11) is 1.69. The van der Waals surface area contributed by atoms with Crippen LogP contribution in [0.5, 0.6) is 5.75 Å². The number of benzene rings is 2. The normalized spacial score (nSPS) is 11.4. The zero-order chi connectivity index (χ0) is 14.0. The van der Waals surface area contributed by atoms with Crippen LogP contribution in [0.3, 0.4) is 0 Å². The predicted octanol–water partition coefficient (Wildman–Crippen LogP) is 5.31. The summed E-state index contributed by atoms with van der Waals surface area (Å²) in [4.78, 5) is 0. The van der Waals surface area contributed by atoms with Crippen molar-refractivity contribution in [1.82, 2.24) is 0 Å². The molecule has 0 amide bonds. The number of ether oxygens (including phenoxy) is 1. The van der Waals surface area contributed by atoms with Crippen LogP contribution in [0.15, 0.2) is 42.5 Å². The monoisotopic (exact) mass is 274 g/mol. The lowest BCUT2D eigenvalue weighted by molar-refractivity contribution is 0.416. The maximum Gasteiger partial charge on any atom is 0.126 e. The first-order valence-corrected chi connectivity index (χ1v) is 6.74. The molecule has 19 heavy (non-hydrogen) atoms. The summed E-state index contributed by atoms with van der Waals surface area (Å²) in [5.41, 5.74) is 3.58. The molecule has 100 valence electrons. The van der Waals surface area contributed by atoms with Gasteiger partial charge in [0.1, 0.15) is 5.75 Å². The van der Waals surface area contributed by atoms with Gasteiger partial charge in [-0.05, 0) is 34.7 Å². The summed E-state index contributed by atoms with van der Waals surface area (Å²) in [6.07, 6.45) is 0. The number of hydrogen-bond acceptors (Lipinski definition) is 1. The molecule has 0 N–H and O–H groups in total. The third-order valence-corrected chi connectivity index (χ3v) is 3.42. The first-order chi connectivity index (χ1) is 8.93. The molecule has 2 heteroatoms. The van der Waals surface area contributed by atoms with Crippen molar-refractivity contribution in [1.29, 1.82) is 0 Å². The zero-order valence-electron chi connectivity index (χ0n) is 11.8. The first-order valence-electron chi connectivity index (χ1n) is 6.37. The second-order valence-corrected chi connectivity index (χ2v) is 6.08. The van der Waals surface area contributed by atoms with Crippen molar-refractivity contribution in [2.45, 2.75) is 26.2 Å². The molecule has 0 fully saturated rings. The Morgan fingerprint density at radius 3 is 2.26 bits per heavy atom. The molecule has 0 radical (unpaired) electrons. The SMILES string of the molecule is COc1ccc(Cl)cc1-c1ccccc1C(C)(C)C. The van der Waals surface area contributed by atoms with Gasteiger partial charge in [0, 0.05) is 10.6 Å². The standard InChI is InChI=1S/C17H19ClO/c1-17(2,3)15-8-6-5-7-13(15)14-11-12(18)9-10-16(14)19-4/h5-11H,1-4H3. The summed E-state index contributed by atoms with van der Waals surface area (Å²) in [6.45, 7) is 6.63. The molecule has 0 unspecified atom stereocenters. The van der Waals surface area contributed by atoms with Crippen molar-refractivity contribution in [3.8, 4) is 16.9 Å². The average Bonchev–Trinajstić information content (AvgIpc) is 2.37. The van der Waals surface area contributed by atoms with Crippen LogP contribution in [-0.4, -0.2) is 7.11 Å². The van der Waals surface area contributed by atoms with E-state index in [1.54, 1.807) is 7.11 Å². The van der Waals surface area contributed by atoms with Crippen LogP contribution in [0.2, 0.25) is 5.02 Å². The molecule has 0 heterocycles. The fourth-order valence-corrected chi connectivity index (χ4v) is 2.43. The van der Waals surface area contributed by atoms with Gasteiger partial charge in [0.15, 0.2) is 0 Å². The van der Waals surface area contributed by atoms with Crippen molar-refractivity contribution in [2.75, 3.05) is 7.11 Å². The molecule has 2 rings (SSSR count). The average molecular weight is 275 g/mol. The van der Waals surface area contributed by atoms with Gasteiger partial charge in [-0.1, -0.05) is 56.6 Å². The Balaban J connectivity index is 2.69. The van der Waals surface area contributed by atoms with Gasteiger partial charge in [0.2, 0.25) is 0 Å². The summed E-state index contributed by atoms with van der Waals surface area (Å²) >= 11 is 6.13. The van der Waals surface area contributed by atoms with Crippen molar-refractivity contribution in [3.05, 3.63) is 53.1 Å². The second-order valence-electron chi connectivity index (χ2n) is 5.64. The zero-order valence-corrected chi connectivity index (χ0v) is 12.6. The summed E-state index contributed by atoms with van der Waals surface area (Å²) in [5, 5.41) is 0.722. The lowest BCUT2D eigenvalue weighted by Crippen LogP contribution is -2.12. The van der Waals surface area contributed by atoms with Gasteiger partial charge in [-0.3, -0.25) is 0 Å². The summed E-state index contributed by atoms with van der Waals surface area (Å²) in [6, 6.07) is 14.1. The fraction of sp³-hybridized carbons (Fsp3) is 0.294. The van der Waals surface area contributed by atoms with Crippen LogP contribution in [-0.2, 0) is 5.41 Å². The van der Waals surface area contributed by atoms with Crippen LogP contribution in [0.4, 0.5) is 0 Å². The van der Waals surface area contributed by atoms with E-state index in [0.717, 1.165) is 16.3 Å². The number of rotatable bonds is 2. The molecular formula is C17H19ClO. The molecule has 1 nitrogen and oxygen atoms in total. The topological polar surface area (TPSA) is 9.23 Å². The van der Waals surface area contributed by atoms with Crippen LogP contribution < -0.4 is 4.74 Å². The van der Waals surface area contributed by atoms with Gasteiger partial charge in [-0.25, -0.2) is 0 Å². The van der Waals surface area contributed by atoms with E-state index < -0.39 is 0 Å². The minimum atomic E-state index is 0.0733. The number of methoxy groups -OCH3 is 1. The Morgan fingerprint density at radius 2 is 1.63 bits per heavy atom. The minimum Gasteiger partial charge on any atom is -0.496 e. The largest absolute Gasteiger partial charge is 0.496 e. The molecule has 0 aliphatic carbocycles. The van der Waals surface area contributed by atoms with Crippen LogP contribution in [0.25, 0.3) is 11.1 Å². The van der Waals surface area contributed by atoms with Crippen molar-refractivity contribution in [2.24, 2.45) is 0 Å². The van der Waals surface area contributed by atoms with Crippen LogP contribution in [0, 0.1) is 0 Å². The Kier molecular flexibility index (Phi) is 3.86. The Labute approximate surface area is 120 Å². The molecule has 2 aromatic carbocycles. The Morgan fingerprint density at radius 1 is 0.947 bits per heavy atom. The minimum absolute atomic E-state index is 0.0733. The molecule has 0 atom stereocenters. The van der Waals surface area contributed by atoms with Crippen LogP contribution >= 0.6 is 11.6 Å². The first kappa shape index (κ1) is 14.0. The molecule has 0 aliphatic rings. The van der Waals surface area contributed by atoms with Crippen molar-refractivity contribution < 1.29 is 4.74 Å². The van der Waals surface area contributed by atoms with Gasteiger partial charge in [-0.15, -0.1) is 0 Å². The highest BCUT2D eigenvalue weighted by atomic mass is 35.5. The van der Waals surface area contributed by atoms with E-state index in [1.807, 2.05) is 24.3 Å². The maximum atomic E-state index is 6.13. The van der Waals surface area contributed by atoms with Gasteiger partial charge >= 0.3 is 0 Å². The highest BCUT2D eigenvalue weighted by Gasteiger charge is 2.20. The number of hydrogen-bond donors (Lipinski definition) is 0. The molecule has 0 bridgehead atoms. The third-order valence-electron chi connectivity index (χ3n) is 3.19. The van der Waals surface area contributed by atoms with E-state index in [1.165, 1.54) is 11.1 Å². The molecule has 0 aromatic heterocycles. The lowest BCUT2D eigenvalue weighted by Gasteiger charge is -2.23. The Bertz CT molecular complexity index is 582. The molecule has 0 saturated heterocycles. The van der Waals surface area contributed by atoms with Crippen molar-refractivity contribution in [3.63, 3.8) is 0 Å². The molecule has 0 saturated carbocycles. The highest BCUT2D eigenvalue weighted by Crippen LogP contribution is 2.38. The Hall–Kier alpha value is -1.47. The maximum absolute atomic E-state index is 6.13. The van der Waals surface area contributed by atoms with Gasteiger partial charge in [0.05, 0.1) is 7.11 Å². The van der Waals surface area contributed by atoms with Gasteiger partial charge < -0.3 is 4.74 Å². The quantitative estimate of drug-likeness (QED) is 0.721. The van der Waals surface area contributed by atoms with Crippen molar-refractivity contribution >= 4 is 11.6 Å². The van der Waals surface area contributed by atoms with Gasteiger partial charge in [0.25, 0.3) is 0 Å². The summed E-state index contributed by atoms with van der Waals surface area (Å²) in [5.74, 6) is 0.848. The molecular weight excluding hydrogens is 256 g/mol.